The van der Waals surface area contributed by atoms with Crippen LogP contribution in [-0.2, 0) is 14.8 Å². The average molecular weight is 447 g/mol. The van der Waals surface area contributed by atoms with Crippen molar-refractivity contribution in [2.75, 3.05) is 33.4 Å². The Balaban J connectivity index is 1.63. The number of carbonyl (C=O) groups is 2. The minimum atomic E-state index is -3.38. The summed E-state index contributed by atoms with van der Waals surface area (Å²) in [4.78, 5) is 31.0. The second kappa shape index (κ2) is 9.74. The molecule has 1 saturated carbocycles. The smallest absolute Gasteiger partial charge is 0.254 e. The van der Waals surface area contributed by atoms with Crippen LogP contribution in [0.1, 0.15) is 47.7 Å². The predicted molar refractivity (Wildman–Crippen MR) is 120 cm³/mol. The fourth-order valence-corrected chi connectivity index (χ4v) is 4.40. The Morgan fingerprint density at radius 3 is 2.45 bits per heavy atom. The zero-order valence-electron chi connectivity index (χ0n) is 18.2. The van der Waals surface area contributed by atoms with Crippen LogP contribution in [0.15, 0.2) is 30.3 Å². The Hall–Kier alpha value is -2.52. The molecule has 0 spiro atoms. The zero-order chi connectivity index (χ0) is 22.6. The molecule has 0 atom stereocenters. The first-order valence-electron chi connectivity index (χ1n) is 10.5. The van der Waals surface area contributed by atoms with Gasteiger partial charge in [-0.1, -0.05) is 18.2 Å². The summed E-state index contributed by atoms with van der Waals surface area (Å²) in [6, 6.07) is 9.66. The summed E-state index contributed by atoms with van der Waals surface area (Å²) in [5.41, 5.74) is 2.46. The van der Waals surface area contributed by atoms with Gasteiger partial charge in [0, 0.05) is 37.6 Å². The number of hydrogen-bond donors (Lipinski definition) is 2. The fraction of sp³-hybridized carbons (Fsp3) is 0.500. The molecule has 0 radical (unpaired) electrons. The maximum absolute atomic E-state index is 12.7. The molecule has 8 nitrogen and oxygen atoms in total. The van der Waals surface area contributed by atoms with Gasteiger partial charge < -0.3 is 10.2 Å². The number of hydrogen-bond acceptors (Lipinski definition) is 5. The highest BCUT2D eigenvalue weighted by atomic mass is 32.2. The average Bonchev–Trinajstić information content (AvgIpc) is 2.74. The molecule has 0 aliphatic heterocycles. The Bertz CT molecular complexity index is 1060. The van der Waals surface area contributed by atoms with Crippen molar-refractivity contribution in [3.63, 3.8) is 0 Å². The Labute approximate surface area is 183 Å². The third-order valence-corrected chi connectivity index (χ3v) is 6.39. The highest BCUT2D eigenvalue weighted by molar-refractivity contribution is 7.88. The minimum Gasteiger partial charge on any atom is -0.355 e. The van der Waals surface area contributed by atoms with E-state index < -0.39 is 10.0 Å². The lowest BCUT2D eigenvalue weighted by molar-refractivity contribution is -0.120. The van der Waals surface area contributed by atoms with E-state index in [2.05, 4.69) is 10.0 Å². The molecule has 1 aliphatic carbocycles. The van der Waals surface area contributed by atoms with E-state index in [9.17, 15) is 18.0 Å². The quantitative estimate of drug-likeness (QED) is 0.675. The molecule has 0 saturated heterocycles. The number of carbonyl (C=O) groups excluding carboxylic acids is 2. The molecule has 2 amide bonds. The van der Waals surface area contributed by atoms with Gasteiger partial charge in [0.2, 0.25) is 15.9 Å². The van der Waals surface area contributed by atoms with Gasteiger partial charge in [-0.3, -0.25) is 14.6 Å². The molecule has 9 heteroatoms. The van der Waals surface area contributed by atoms with Gasteiger partial charge >= 0.3 is 0 Å². The third kappa shape index (κ3) is 6.24. The Kier molecular flexibility index (Phi) is 7.27. The molecule has 31 heavy (non-hydrogen) atoms. The molecular formula is C22H30N4O4S. The van der Waals surface area contributed by atoms with Gasteiger partial charge in [0.15, 0.2) is 0 Å². The summed E-state index contributed by atoms with van der Waals surface area (Å²) in [6.45, 7) is 0.296. The number of rotatable bonds is 7. The topological polar surface area (TPSA) is 108 Å². The predicted octanol–water partition coefficient (Wildman–Crippen LogP) is 1.88. The first-order chi connectivity index (χ1) is 14.6. The van der Waals surface area contributed by atoms with Crippen molar-refractivity contribution in [2.45, 2.75) is 31.6 Å². The van der Waals surface area contributed by atoms with Crippen LogP contribution in [-0.4, -0.2) is 63.6 Å². The number of fused-ring (bicyclic) bond motifs is 1. The van der Waals surface area contributed by atoms with Crippen molar-refractivity contribution in [1.29, 1.82) is 0 Å². The van der Waals surface area contributed by atoms with E-state index in [0.717, 1.165) is 48.5 Å². The Morgan fingerprint density at radius 1 is 1.13 bits per heavy atom. The molecule has 1 aromatic carbocycles. The molecule has 2 aromatic rings. The molecular weight excluding hydrogens is 416 g/mol. The second-order valence-electron chi connectivity index (χ2n) is 8.43. The van der Waals surface area contributed by atoms with Crippen molar-refractivity contribution in [3.05, 3.63) is 41.6 Å². The van der Waals surface area contributed by atoms with Crippen LogP contribution in [0.5, 0.6) is 0 Å². The summed E-state index contributed by atoms with van der Waals surface area (Å²) in [5, 5.41) is 3.67. The number of para-hydroxylation sites is 1. The summed E-state index contributed by atoms with van der Waals surface area (Å²) in [5.74, 6) is 0.272. The maximum Gasteiger partial charge on any atom is 0.254 e. The number of pyridine rings is 1. The standard InChI is InChI=1S/C22H30N4O4S/c1-26(2)22(28)18-12-20(25-19-7-5-4-6-17(18)19)16-10-8-15(9-11-16)13-23-21(27)14-24-31(3,29)30/h4-7,12,15-16,24H,8-11,13-14H2,1-3H3,(H,23,27). The first-order valence-corrected chi connectivity index (χ1v) is 12.4. The van der Waals surface area contributed by atoms with Gasteiger partial charge in [0.1, 0.15) is 0 Å². The monoisotopic (exact) mass is 446 g/mol. The normalized spacial score (nSPS) is 19.2. The van der Waals surface area contributed by atoms with Crippen molar-refractivity contribution in [3.8, 4) is 0 Å². The summed E-state index contributed by atoms with van der Waals surface area (Å²) < 4.78 is 24.3. The largest absolute Gasteiger partial charge is 0.355 e. The van der Waals surface area contributed by atoms with Crippen LogP contribution < -0.4 is 10.0 Å². The number of sulfonamides is 1. The SMILES string of the molecule is CN(C)C(=O)c1cc(C2CCC(CNC(=O)CNS(C)(=O)=O)CC2)nc2ccccc12. The van der Waals surface area contributed by atoms with Gasteiger partial charge in [-0.25, -0.2) is 13.1 Å². The number of benzene rings is 1. The van der Waals surface area contributed by atoms with E-state index in [1.807, 2.05) is 30.3 Å². The van der Waals surface area contributed by atoms with Crippen molar-refractivity contribution < 1.29 is 18.0 Å². The summed E-state index contributed by atoms with van der Waals surface area (Å²) in [6.07, 6.45) is 4.78. The van der Waals surface area contributed by atoms with E-state index >= 15 is 0 Å². The molecule has 2 N–H and O–H groups in total. The van der Waals surface area contributed by atoms with Crippen molar-refractivity contribution in [1.82, 2.24) is 19.9 Å². The van der Waals surface area contributed by atoms with E-state index in [1.165, 1.54) is 0 Å². The van der Waals surface area contributed by atoms with Crippen LogP contribution in [0.4, 0.5) is 0 Å². The lowest BCUT2D eigenvalue weighted by Gasteiger charge is -2.29. The van der Waals surface area contributed by atoms with E-state index in [-0.39, 0.29) is 24.3 Å². The molecule has 168 valence electrons. The second-order valence-corrected chi connectivity index (χ2v) is 10.3. The van der Waals surface area contributed by atoms with Crippen LogP contribution in [0, 0.1) is 5.92 Å². The van der Waals surface area contributed by atoms with Crippen molar-refractivity contribution in [2.24, 2.45) is 5.92 Å². The number of nitrogens with zero attached hydrogens (tertiary/aromatic N) is 2. The van der Waals surface area contributed by atoms with E-state index in [0.29, 0.717) is 18.0 Å². The highest BCUT2D eigenvalue weighted by Crippen LogP contribution is 2.36. The molecule has 1 heterocycles. The zero-order valence-corrected chi connectivity index (χ0v) is 19.0. The van der Waals surface area contributed by atoms with E-state index in [4.69, 9.17) is 4.98 Å². The molecule has 1 aliphatic rings. The molecule has 0 bridgehead atoms. The van der Waals surface area contributed by atoms with Crippen LogP contribution in [0.2, 0.25) is 0 Å². The maximum atomic E-state index is 12.7. The van der Waals surface area contributed by atoms with Crippen molar-refractivity contribution >= 4 is 32.7 Å². The van der Waals surface area contributed by atoms with Gasteiger partial charge in [-0.15, -0.1) is 0 Å². The third-order valence-electron chi connectivity index (χ3n) is 5.72. The van der Waals surface area contributed by atoms with E-state index in [1.54, 1.807) is 19.0 Å². The van der Waals surface area contributed by atoms with Crippen LogP contribution in [0.3, 0.4) is 0 Å². The van der Waals surface area contributed by atoms with Gasteiger partial charge in [0.05, 0.1) is 23.9 Å². The lowest BCUT2D eigenvalue weighted by Crippen LogP contribution is -2.39. The first kappa shape index (κ1) is 23.1. The van der Waals surface area contributed by atoms with Gasteiger partial charge in [0.25, 0.3) is 5.91 Å². The van der Waals surface area contributed by atoms with Gasteiger partial charge in [-0.05, 0) is 43.7 Å². The lowest BCUT2D eigenvalue weighted by atomic mass is 9.80. The summed E-state index contributed by atoms with van der Waals surface area (Å²) in [7, 11) is 0.128. The van der Waals surface area contributed by atoms with Gasteiger partial charge in [-0.2, -0.15) is 0 Å². The molecule has 3 rings (SSSR count). The highest BCUT2D eigenvalue weighted by Gasteiger charge is 2.25. The molecule has 1 fully saturated rings. The summed E-state index contributed by atoms with van der Waals surface area (Å²) >= 11 is 0. The van der Waals surface area contributed by atoms with Crippen LogP contribution >= 0.6 is 0 Å². The number of amides is 2. The molecule has 1 aromatic heterocycles. The minimum absolute atomic E-state index is 0.0287. The fourth-order valence-electron chi connectivity index (χ4n) is 4.00. The van der Waals surface area contributed by atoms with Crippen LogP contribution in [0.25, 0.3) is 10.9 Å². The number of aromatic nitrogens is 1. The number of nitrogens with one attached hydrogen (secondary N) is 2. The Morgan fingerprint density at radius 2 is 1.81 bits per heavy atom. The molecule has 0 unspecified atom stereocenters.